The van der Waals surface area contributed by atoms with Crippen LogP contribution in [-0.2, 0) is 16.1 Å². The summed E-state index contributed by atoms with van der Waals surface area (Å²) in [7, 11) is 1.59. The van der Waals surface area contributed by atoms with Crippen LogP contribution < -0.4 is 10.1 Å². The molecular formula is C17H18N4O4. The van der Waals surface area contributed by atoms with Crippen LogP contribution in [0.4, 0.5) is 0 Å². The monoisotopic (exact) mass is 342 g/mol. The van der Waals surface area contributed by atoms with Crippen LogP contribution >= 0.6 is 0 Å². The van der Waals surface area contributed by atoms with Crippen molar-refractivity contribution >= 4 is 11.9 Å². The molecule has 8 heteroatoms. The Morgan fingerprint density at radius 3 is 2.56 bits per heavy atom. The lowest BCUT2D eigenvalue weighted by Crippen LogP contribution is -2.44. The Bertz CT molecular complexity index is 802. The van der Waals surface area contributed by atoms with Crippen LogP contribution in [0.1, 0.15) is 18.7 Å². The van der Waals surface area contributed by atoms with Gasteiger partial charge in [-0.2, -0.15) is 5.10 Å². The summed E-state index contributed by atoms with van der Waals surface area (Å²) in [5.74, 6) is 0.0304. The summed E-state index contributed by atoms with van der Waals surface area (Å²) in [6.07, 6.45) is 3.82. The molecule has 1 aromatic carbocycles. The van der Waals surface area contributed by atoms with Gasteiger partial charge in [0.1, 0.15) is 11.6 Å². The molecule has 1 aliphatic rings. The van der Waals surface area contributed by atoms with E-state index in [0.717, 1.165) is 11.3 Å². The molecule has 0 aliphatic heterocycles. The molecule has 0 saturated heterocycles. The van der Waals surface area contributed by atoms with Crippen molar-refractivity contribution in [3.63, 3.8) is 0 Å². The summed E-state index contributed by atoms with van der Waals surface area (Å²) in [4.78, 5) is 28.1. The van der Waals surface area contributed by atoms with Crippen LogP contribution in [0.15, 0.2) is 36.4 Å². The van der Waals surface area contributed by atoms with E-state index in [-0.39, 0.29) is 19.4 Å². The molecule has 0 bridgehead atoms. The number of carboxylic acids is 1. The van der Waals surface area contributed by atoms with Crippen LogP contribution in [0, 0.1) is 5.41 Å². The summed E-state index contributed by atoms with van der Waals surface area (Å²) >= 11 is 0. The third-order valence-electron chi connectivity index (χ3n) is 4.24. The Balaban J connectivity index is 1.65. The van der Waals surface area contributed by atoms with Crippen LogP contribution in [-0.4, -0.2) is 39.3 Å². The average molecular weight is 342 g/mol. The summed E-state index contributed by atoms with van der Waals surface area (Å²) in [5, 5.41) is 18.9. The van der Waals surface area contributed by atoms with Gasteiger partial charge in [-0.1, -0.05) is 12.2 Å². The Morgan fingerprint density at radius 2 is 1.96 bits per heavy atom. The second kappa shape index (κ2) is 6.76. The number of amides is 1. The maximum absolute atomic E-state index is 12.3. The van der Waals surface area contributed by atoms with E-state index in [2.05, 4.69) is 20.5 Å². The highest BCUT2D eigenvalue weighted by Crippen LogP contribution is 2.33. The van der Waals surface area contributed by atoms with Gasteiger partial charge >= 0.3 is 5.97 Å². The fourth-order valence-corrected chi connectivity index (χ4v) is 2.69. The average Bonchev–Trinajstić information content (AvgIpc) is 3.30. The molecule has 2 aromatic rings. The fourth-order valence-electron chi connectivity index (χ4n) is 2.69. The number of carboxylic acid groups (broad SMARTS) is 1. The number of allylic oxidation sites excluding steroid dienone is 2. The normalized spacial score (nSPS) is 15.1. The van der Waals surface area contributed by atoms with Gasteiger partial charge in [0, 0.05) is 5.56 Å². The van der Waals surface area contributed by atoms with Crippen LogP contribution in [0.3, 0.4) is 0 Å². The molecule has 0 unspecified atom stereocenters. The highest BCUT2D eigenvalue weighted by Gasteiger charge is 2.46. The zero-order valence-electron chi connectivity index (χ0n) is 13.7. The number of aromatic amines is 1. The molecule has 0 fully saturated rings. The number of carbonyl (C=O) groups excluding carboxylic acids is 1. The zero-order chi connectivity index (χ0) is 17.9. The number of methoxy groups -OCH3 is 1. The Kier molecular flexibility index (Phi) is 4.51. The maximum atomic E-state index is 12.3. The summed E-state index contributed by atoms with van der Waals surface area (Å²) in [6, 6.07) is 7.26. The molecule has 1 heterocycles. The largest absolute Gasteiger partial charge is 0.497 e. The number of carbonyl (C=O) groups is 2. The molecule has 130 valence electrons. The smallest absolute Gasteiger partial charge is 0.319 e. The van der Waals surface area contributed by atoms with Crippen molar-refractivity contribution in [2.75, 3.05) is 7.11 Å². The molecule has 8 nitrogen and oxygen atoms in total. The first-order valence-corrected chi connectivity index (χ1v) is 7.77. The van der Waals surface area contributed by atoms with Crippen molar-refractivity contribution in [2.45, 2.75) is 19.4 Å². The van der Waals surface area contributed by atoms with Crippen molar-refractivity contribution in [1.29, 1.82) is 0 Å². The highest BCUT2D eigenvalue weighted by molar-refractivity contribution is 6.02. The van der Waals surface area contributed by atoms with E-state index in [1.807, 2.05) is 12.1 Å². The lowest BCUT2D eigenvalue weighted by Gasteiger charge is -2.22. The molecular weight excluding hydrogens is 324 g/mol. The van der Waals surface area contributed by atoms with Gasteiger partial charge < -0.3 is 15.2 Å². The van der Waals surface area contributed by atoms with Crippen molar-refractivity contribution in [3.05, 3.63) is 42.2 Å². The summed E-state index contributed by atoms with van der Waals surface area (Å²) in [6.45, 7) is 0.0804. The second-order valence-corrected chi connectivity index (χ2v) is 5.78. The van der Waals surface area contributed by atoms with Crippen molar-refractivity contribution in [1.82, 2.24) is 20.5 Å². The molecule has 3 N–H and O–H groups in total. The van der Waals surface area contributed by atoms with Crippen LogP contribution in [0.25, 0.3) is 11.4 Å². The first-order chi connectivity index (χ1) is 12.0. The van der Waals surface area contributed by atoms with E-state index >= 15 is 0 Å². The number of rotatable bonds is 6. The van der Waals surface area contributed by atoms with E-state index in [0.29, 0.717) is 11.6 Å². The number of hydrogen-bond acceptors (Lipinski definition) is 5. The second-order valence-electron chi connectivity index (χ2n) is 5.78. The predicted octanol–water partition coefficient (Wildman–Crippen LogP) is 1.52. The molecule has 1 aliphatic carbocycles. The minimum atomic E-state index is -1.42. The number of hydrogen-bond donors (Lipinski definition) is 3. The SMILES string of the molecule is COc1ccc(-c2n[nH]c(CNC(=O)C3(C(=O)O)CC=CC3)n2)cc1. The molecule has 0 saturated carbocycles. The number of aliphatic carboxylic acids is 1. The van der Waals surface area contributed by atoms with Crippen molar-refractivity contribution < 1.29 is 19.4 Å². The Morgan fingerprint density at radius 1 is 1.28 bits per heavy atom. The van der Waals surface area contributed by atoms with Gasteiger partial charge in [0.15, 0.2) is 11.2 Å². The van der Waals surface area contributed by atoms with E-state index in [1.165, 1.54) is 0 Å². The topological polar surface area (TPSA) is 117 Å². The Labute approximate surface area is 143 Å². The predicted molar refractivity (Wildman–Crippen MR) is 88.7 cm³/mol. The lowest BCUT2D eigenvalue weighted by atomic mass is 9.84. The third-order valence-corrected chi connectivity index (χ3v) is 4.24. The number of nitrogens with one attached hydrogen (secondary N) is 2. The van der Waals surface area contributed by atoms with Gasteiger partial charge in [-0.25, -0.2) is 4.98 Å². The highest BCUT2D eigenvalue weighted by atomic mass is 16.5. The van der Waals surface area contributed by atoms with Gasteiger partial charge in [0.2, 0.25) is 5.91 Å². The van der Waals surface area contributed by atoms with Gasteiger partial charge in [-0.15, -0.1) is 0 Å². The molecule has 0 spiro atoms. The minimum absolute atomic E-state index is 0.0804. The molecule has 0 radical (unpaired) electrons. The van der Waals surface area contributed by atoms with Gasteiger partial charge in [-0.05, 0) is 37.1 Å². The fraction of sp³-hybridized carbons (Fsp3) is 0.294. The van der Waals surface area contributed by atoms with E-state index < -0.39 is 17.3 Å². The number of aromatic nitrogens is 3. The summed E-state index contributed by atoms with van der Waals surface area (Å²) < 4.78 is 5.10. The summed E-state index contributed by atoms with van der Waals surface area (Å²) in [5.41, 5.74) is -0.615. The van der Waals surface area contributed by atoms with E-state index in [9.17, 15) is 14.7 Å². The van der Waals surface area contributed by atoms with E-state index in [4.69, 9.17) is 4.74 Å². The number of nitrogens with zero attached hydrogens (tertiary/aromatic N) is 2. The maximum Gasteiger partial charge on any atom is 0.319 e. The third kappa shape index (κ3) is 3.23. The van der Waals surface area contributed by atoms with Gasteiger partial charge in [0.25, 0.3) is 0 Å². The lowest BCUT2D eigenvalue weighted by molar-refractivity contribution is -0.155. The van der Waals surface area contributed by atoms with Gasteiger partial charge in [0.05, 0.1) is 13.7 Å². The molecule has 25 heavy (non-hydrogen) atoms. The first-order valence-electron chi connectivity index (χ1n) is 7.77. The van der Waals surface area contributed by atoms with Crippen molar-refractivity contribution in [2.24, 2.45) is 5.41 Å². The van der Waals surface area contributed by atoms with Crippen LogP contribution in [0.5, 0.6) is 5.75 Å². The minimum Gasteiger partial charge on any atom is -0.497 e. The standard InChI is InChI=1S/C17H18N4O4/c1-25-12-6-4-11(5-7-12)14-19-13(20-21-14)10-18-15(22)17(16(23)24)8-2-3-9-17/h2-7H,8-10H2,1H3,(H,18,22)(H,23,24)(H,19,20,21). The Hall–Kier alpha value is -3.16. The number of benzene rings is 1. The molecule has 1 aromatic heterocycles. The first kappa shape index (κ1) is 16.7. The molecule has 0 atom stereocenters. The zero-order valence-corrected chi connectivity index (χ0v) is 13.7. The molecule has 1 amide bonds. The number of H-pyrrole nitrogens is 1. The van der Waals surface area contributed by atoms with E-state index in [1.54, 1.807) is 31.4 Å². The molecule has 3 rings (SSSR count). The van der Waals surface area contributed by atoms with Gasteiger partial charge in [-0.3, -0.25) is 14.7 Å². The quantitative estimate of drug-likeness (QED) is 0.541. The van der Waals surface area contributed by atoms with Crippen LogP contribution in [0.2, 0.25) is 0 Å². The number of ether oxygens (including phenoxy) is 1. The van der Waals surface area contributed by atoms with Crippen molar-refractivity contribution in [3.8, 4) is 17.1 Å².